The maximum Gasteiger partial charge on any atom is 0.145 e. The van der Waals surface area contributed by atoms with Crippen LogP contribution < -0.4 is 5.09 Å². The summed E-state index contributed by atoms with van der Waals surface area (Å²) in [6.07, 6.45) is 0.726. The molecule has 1 N–H and O–H groups in total. The second-order valence-corrected chi connectivity index (χ2v) is 2.22. The predicted octanol–water partition coefficient (Wildman–Crippen LogP) is -0.402. The Morgan fingerprint density at radius 2 is 2.00 bits per heavy atom. The van der Waals surface area contributed by atoms with Gasteiger partial charge < -0.3 is 14.3 Å². The summed E-state index contributed by atoms with van der Waals surface area (Å²) < 4.78 is 9.95. The molecule has 0 aliphatic heterocycles. The molecule has 0 amide bonds. The van der Waals surface area contributed by atoms with Gasteiger partial charge in [-0.25, -0.2) is 0 Å². The Morgan fingerprint density at radius 1 is 1.27 bits per heavy atom. The van der Waals surface area contributed by atoms with E-state index in [-0.39, 0.29) is 6.61 Å². The summed E-state index contributed by atoms with van der Waals surface area (Å²) in [6, 6.07) is 0. The molecule has 0 bridgehead atoms. The second-order valence-electron chi connectivity index (χ2n) is 1.81. The Hall–Kier alpha value is -0.0200. The van der Waals surface area contributed by atoms with Crippen LogP contribution in [-0.2, 0) is 14.3 Å². The van der Waals surface area contributed by atoms with Crippen LogP contribution in [0, 0.1) is 0 Å². The van der Waals surface area contributed by atoms with E-state index in [9.17, 15) is 4.79 Å². The monoisotopic (exact) mass is 179 g/mol. The molecule has 0 fully saturated rings. The molecule has 0 aromatic rings. The SMILES string of the molecule is O=CCOCCOCCNP. The minimum absolute atomic E-state index is 0.158. The molecule has 0 saturated heterocycles. The fourth-order valence-electron chi connectivity index (χ4n) is 0.482. The largest absolute Gasteiger partial charge is 0.378 e. The molecule has 5 heteroatoms. The summed E-state index contributed by atoms with van der Waals surface area (Å²) in [5.74, 6) is 0. The number of rotatable bonds is 8. The molecule has 0 saturated carbocycles. The van der Waals surface area contributed by atoms with Crippen LogP contribution in [0.2, 0.25) is 0 Å². The third kappa shape index (κ3) is 9.98. The average Bonchev–Trinajstić information content (AvgIpc) is 2.03. The zero-order valence-electron chi connectivity index (χ0n) is 6.41. The van der Waals surface area contributed by atoms with Crippen molar-refractivity contribution in [3.05, 3.63) is 0 Å². The van der Waals surface area contributed by atoms with Gasteiger partial charge in [0.15, 0.2) is 0 Å². The van der Waals surface area contributed by atoms with Crippen LogP contribution in [0.1, 0.15) is 0 Å². The Bertz CT molecular complexity index is 91.9. The molecule has 1 atom stereocenters. The smallest absolute Gasteiger partial charge is 0.145 e. The van der Waals surface area contributed by atoms with E-state index in [1.54, 1.807) is 0 Å². The van der Waals surface area contributed by atoms with Gasteiger partial charge in [-0.2, -0.15) is 0 Å². The number of carbonyl (C=O) groups excluding carboxylic acids is 1. The molecule has 0 radical (unpaired) electrons. The van der Waals surface area contributed by atoms with Crippen LogP contribution in [0.25, 0.3) is 0 Å². The third-order valence-corrected chi connectivity index (χ3v) is 1.24. The predicted molar refractivity (Wildman–Crippen MR) is 45.4 cm³/mol. The zero-order chi connectivity index (χ0) is 8.36. The van der Waals surface area contributed by atoms with Gasteiger partial charge in [-0.15, -0.1) is 0 Å². The van der Waals surface area contributed by atoms with Gasteiger partial charge in [0, 0.05) is 6.54 Å². The first-order valence-electron chi connectivity index (χ1n) is 3.44. The summed E-state index contributed by atoms with van der Waals surface area (Å²) in [5, 5.41) is 2.86. The molecule has 1 unspecified atom stereocenters. The topological polar surface area (TPSA) is 47.6 Å². The lowest BCUT2D eigenvalue weighted by Gasteiger charge is -2.02. The Kier molecular flexibility index (Phi) is 9.96. The maximum absolute atomic E-state index is 9.76. The number of hydrogen-bond donors (Lipinski definition) is 1. The Morgan fingerprint density at radius 3 is 2.64 bits per heavy atom. The van der Waals surface area contributed by atoms with Crippen molar-refractivity contribution >= 4 is 15.7 Å². The zero-order valence-corrected chi connectivity index (χ0v) is 7.57. The maximum atomic E-state index is 9.76. The van der Waals surface area contributed by atoms with Crippen LogP contribution in [-0.4, -0.2) is 39.3 Å². The molecular weight excluding hydrogens is 165 g/mol. The highest BCUT2D eigenvalue weighted by atomic mass is 31.0. The highest BCUT2D eigenvalue weighted by Gasteiger charge is 1.87. The Balaban J connectivity index is 2.74. The molecule has 0 aliphatic carbocycles. The van der Waals surface area contributed by atoms with Gasteiger partial charge in [-0.3, -0.25) is 5.09 Å². The van der Waals surface area contributed by atoms with Crippen LogP contribution in [0.3, 0.4) is 0 Å². The average molecular weight is 179 g/mol. The summed E-state index contributed by atoms with van der Waals surface area (Å²) in [7, 11) is 2.39. The van der Waals surface area contributed by atoms with Crippen LogP contribution in [0.5, 0.6) is 0 Å². The highest BCUT2D eigenvalue weighted by molar-refractivity contribution is 7.13. The number of ether oxygens (including phenoxy) is 2. The first-order valence-corrected chi connectivity index (χ1v) is 4.02. The number of hydrogen-bond acceptors (Lipinski definition) is 4. The van der Waals surface area contributed by atoms with Gasteiger partial charge in [0.2, 0.25) is 0 Å². The summed E-state index contributed by atoms with van der Waals surface area (Å²) in [4.78, 5) is 9.76. The minimum Gasteiger partial charge on any atom is -0.378 e. The number of aldehydes is 1. The highest BCUT2D eigenvalue weighted by Crippen LogP contribution is 1.77. The third-order valence-electron chi connectivity index (χ3n) is 0.949. The van der Waals surface area contributed by atoms with E-state index < -0.39 is 0 Å². The standard InChI is InChI=1S/C6H14NO3P/c8-2-4-10-6-5-9-3-1-7-11/h2,7H,1,3-6,11H2. The lowest BCUT2D eigenvalue weighted by molar-refractivity contribution is -0.112. The molecule has 66 valence electrons. The molecule has 0 aliphatic rings. The van der Waals surface area contributed by atoms with Gasteiger partial charge in [0.1, 0.15) is 12.9 Å². The molecule has 0 aromatic heterocycles. The molecule has 11 heavy (non-hydrogen) atoms. The molecule has 0 aromatic carbocycles. The molecule has 0 rings (SSSR count). The second kappa shape index (κ2) is 9.98. The van der Waals surface area contributed by atoms with E-state index in [1.807, 2.05) is 0 Å². The van der Waals surface area contributed by atoms with E-state index in [2.05, 4.69) is 14.5 Å². The van der Waals surface area contributed by atoms with Gasteiger partial charge in [-0.05, 0) is 0 Å². The van der Waals surface area contributed by atoms with Crippen molar-refractivity contribution < 1.29 is 14.3 Å². The summed E-state index contributed by atoms with van der Waals surface area (Å²) >= 11 is 0. The molecule has 0 spiro atoms. The molecular formula is C6H14NO3P. The Labute approximate surface area is 68.9 Å². The summed E-state index contributed by atoms with van der Waals surface area (Å²) in [5.41, 5.74) is 0. The van der Waals surface area contributed by atoms with Crippen LogP contribution in [0.15, 0.2) is 0 Å². The van der Waals surface area contributed by atoms with Crippen molar-refractivity contribution in [1.29, 1.82) is 0 Å². The van der Waals surface area contributed by atoms with E-state index >= 15 is 0 Å². The fourth-order valence-corrected chi connectivity index (χ4v) is 0.600. The van der Waals surface area contributed by atoms with Crippen molar-refractivity contribution in [3.8, 4) is 0 Å². The fraction of sp³-hybridized carbons (Fsp3) is 0.833. The minimum atomic E-state index is 0.158. The quantitative estimate of drug-likeness (QED) is 0.313. The first kappa shape index (κ1) is 11.0. The first-order chi connectivity index (χ1) is 5.41. The lowest BCUT2D eigenvalue weighted by atomic mass is 10.7. The van der Waals surface area contributed by atoms with Gasteiger partial charge in [0.05, 0.1) is 19.8 Å². The summed E-state index contributed by atoms with van der Waals surface area (Å²) in [6.45, 7) is 2.65. The van der Waals surface area contributed by atoms with Gasteiger partial charge in [-0.1, -0.05) is 9.39 Å². The number of carbonyl (C=O) groups is 1. The van der Waals surface area contributed by atoms with E-state index in [0.717, 1.165) is 12.8 Å². The van der Waals surface area contributed by atoms with Crippen molar-refractivity contribution in [2.24, 2.45) is 0 Å². The van der Waals surface area contributed by atoms with E-state index in [1.165, 1.54) is 0 Å². The van der Waals surface area contributed by atoms with Crippen LogP contribution in [0.4, 0.5) is 0 Å². The van der Waals surface area contributed by atoms with Gasteiger partial charge in [0.25, 0.3) is 0 Å². The van der Waals surface area contributed by atoms with Crippen molar-refractivity contribution in [1.82, 2.24) is 5.09 Å². The van der Waals surface area contributed by atoms with Crippen molar-refractivity contribution in [2.45, 2.75) is 0 Å². The molecule has 0 heterocycles. The number of nitrogens with one attached hydrogen (secondary N) is 1. The van der Waals surface area contributed by atoms with Crippen LogP contribution >= 0.6 is 9.39 Å². The lowest BCUT2D eigenvalue weighted by Crippen LogP contribution is -2.12. The van der Waals surface area contributed by atoms with Crippen molar-refractivity contribution in [3.63, 3.8) is 0 Å². The van der Waals surface area contributed by atoms with E-state index in [4.69, 9.17) is 9.47 Å². The van der Waals surface area contributed by atoms with E-state index in [0.29, 0.717) is 19.8 Å². The normalized spacial score (nSPS) is 9.91. The molecule has 4 nitrogen and oxygen atoms in total. The van der Waals surface area contributed by atoms with Crippen molar-refractivity contribution in [2.75, 3.05) is 33.0 Å². The van der Waals surface area contributed by atoms with Gasteiger partial charge >= 0.3 is 0 Å².